The van der Waals surface area contributed by atoms with Crippen molar-refractivity contribution in [3.05, 3.63) is 52.9 Å². The maximum absolute atomic E-state index is 13.2. The number of nitrogens with one attached hydrogen (secondary N) is 1. The van der Waals surface area contributed by atoms with Crippen LogP contribution in [0.15, 0.2) is 42.5 Å². The van der Waals surface area contributed by atoms with E-state index in [1.165, 1.54) is 11.3 Å². The third kappa shape index (κ3) is 3.43. The van der Waals surface area contributed by atoms with E-state index in [9.17, 15) is 19.5 Å². The number of carbonyl (C=O) groups excluding carboxylic acids is 2. The largest absolute Gasteiger partial charge is 0.481 e. The summed E-state index contributed by atoms with van der Waals surface area (Å²) in [4.78, 5) is 38.6. The van der Waals surface area contributed by atoms with Gasteiger partial charge in [0.2, 0.25) is 5.91 Å². The molecular weight excluding hydrogens is 402 g/mol. The Labute approximate surface area is 178 Å². The van der Waals surface area contributed by atoms with Crippen LogP contribution in [0.1, 0.15) is 28.6 Å². The second-order valence-electron chi connectivity index (χ2n) is 7.65. The van der Waals surface area contributed by atoms with Gasteiger partial charge in [0.05, 0.1) is 18.4 Å². The van der Waals surface area contributed by atoms with Crippen LogP contribution in [0.25, 0.3) is 11.1 Å². The Balaban J connectivity index is 1.71. The number of carboxylic acids is 1. The number of carbonyl (C=O) groups is 3. The Hall–Kier alpha value is -2.93. The first-order valence-corrected chi connectivity index (χ1v) is 10.8. The second-order valence-corrected chi connectivity index (χ2v) is 8.88. The maximum atomic E-state index is 13.2. The highest BCUT2D eigenvalue weighted by molar-refractivity contribution is 7.17. The topological polar surface area (TPSA) is 92.7 Å². The van der Waals surface area contributed by atoms with E-state index < -0.39 is 23.8 Å². The predicted molar refractivity (Wildman–Crippen MR) is 114 cm³/mol. The normalized spacial score (nSPS) is 24.1. The van der Waals surface area contributed by atoms with Gasteiger partial charge in [0.15, 0.2) is 0 Å². The molecule has 2 aliphatic carbocycles. The summed E-state index contributed by atoms with van der Waals surface area (Å²) < 4.78 is 5.27. The van der Waals surface area contributed by atoms with Crippen molar-refractivity contribution in [2.24, 2.45) is 23.7 Å². The van der Waals surface area contributed by atoms with Crippen molar-refractivity contribution < 1.29 is 24.2 Å². The first-order valence-electron chi connectivity index (χ1n) is 10.00. The van der Waals surface area contributed by atoms with E-state index >= 15 is 0 Å². The molecule has 2 aromatic rings. The van der Waals surface area contributed by atoms with Crippen molar-refractivity contribution in [2.45, 2.75) is 20.3 Å². The van der Waals surface area contributed by atoms with E-state index in [1.807, 2.05) is 49.4 Å². The minimum atomic E-state index is -0.954. The van der Waals surface area contributed by atoms with Gasteiger partial charge in [0.25, 0.3) is 0 Å². The number of anilines is 1. The summed E-state index contributed by atoms with van der Waals surface area (Å²) in [6, 6.07) is 9.49. The third-order valence-corrected chi connectivity index (χ3v) is 6.93. The first-order chi connectivity index (χ1) is 14.4. The van der Waals surface area contributed by atoms with E-state index in [0.29, 0.717) is 17.0 Å². The van der Waals surface area contributed by atoms with Gasteiger partial charge in [-0.05, 0) is 37.7 Å². The molecule has 4 atom stereocenters. The van der Waals surface area contributed by atoms with E-state index in [4.69, 9.17) is 4.74 Å². The highest BCUT2D eigenvalue weighted by atomic mass is 32.1. The fourth-order valence-electron chi connectivity index (χ4n) is 4.69. The Kier molecular flexibility index (Phi) is 5.47. The molecule has 0 spiro atoms. The van der Waals surface area contributed by atoms with Crippen LogP contribution < -0.4 is 5.32 Å². The van der Waals surface area contributed by atoms with E-state index in [1.54, 1.807) is 6.92 Å². The average molecular weight is 426 g/mol. The third-order valence-electron chi connectivity index (χ3n) is 5.91. The number of amides is 1. The summed E-state index contributed by atoms with van der Waals surface area (Å²) in [6.07, 6.45) is 4.52. The van der Waals surface area contributed by atoms with Crippen molar-refractivity contribution in [1.29, 1.82) is 0 Å². The number of aryl methyl sites for hydroxylation is 1. The molecule has 1 aromatic heterocycles. The second kappa shape index (κ2) is 8.07. The number of hydrogen-bond donors (Lipinski definition) is 2. The minimum Gasteiger partial charge on any atom is -0.481 e. The Bertz CT molecular complexity index is 1030. The number of thiophene rings is 1. The van der Waals surface area contributed by atoms with Crippen LogP contribution in [0.3, 0.4) is 0 Å². The van der Waals surface area contributed by atoms with E-state index in [2.05, 4.69) is 5.32 Å². The van der Waals surface area contributed by atoms with Crippen LogP contribution in [-0.2, 0) is 14.3 Å². The number of rotatable bonds is 6. The van der Waals surface area contributed by atoms with E-state index in [-0.39, 0.29) is 24.3 Å². The highest BCUT2D eigenvalue weighted by Gasteiger charge is 2.51. The number of ether oxygens (including phenoxy) is 1. The van der Waals surface area contributed by atoms with Crippen LogP contribution in [0, 0.1) is 30.6 Å². The standard InChI is InChI=1S/C23H23NO5S/c1-3-29-23(28)19-16(13-7-5-4-6-8-13)12(2)30-21(19)24-20(25)17-14-9-10-15(11-14)18(17)22(26)27/h4-10,14-15,17-18H,3,11H2,1-2H3,(H,24,25)(H,26,27)/t14-,15-,17-,18+/m0/s1. The lowest BCUT2D eigenvalue weighted by Gasteiger charge is -2.23. The minimum absolute atomic E-state index is 0.0863. The molecule has 0 unspecified atom stereocenters. The van der Waals surface area contributed by atoms with Crippen molar-refractivity contribution >= 4 is 34.2 Å². The lowest BCUT2D eigenvalue weighted by Crippen LogP contribution is -2.36. The molecule has 2 aliphatic rings. The van der Waals surface area contributed by atoms with Gasteiger partial charge < -0.3 is 15.2 Å². The van der Waals surface area contributed by atoms with Gasteiger partial charge >= 0.3 is 11.9 Å². The Morgan fingerprint density at radius 1 is 1.13 bits per heavy atom. The van der Waals surface area contributed by atoms with Crippen LogP contribution in [-0.4, -0.2) is 29.6 Å². The summed E-state index contributed by atoms with van der Waals surface area (Å²) in [6.45, 7) is 3.84. The van der Waals surface area contributed by atoms with Gasteiger partial charge in [-0.15, -0.1) is 11.3 Å². The maximum Gasteiger partial charge on any atom is 0.341 e. The number of hydrogen-bond acceptors (Lipinski definition) is 5. The molecule has 156 valence electrons. The highest BCUT2D eigenvalue weighted by Crippen LogP contribution is 2.49. The zero-order valence-electron chi connectivity index (χ0n) is 16.8. The van der Waals surface area contributed by atoms with Gasteiger partial charge in [-0.1, -0.05) is 42.5 Å². The van der Waals surface area contributed by atoms with Crippen LogP contribution in [0.2, 0.25) is 0 Å². The zero-order chi connectivity index (χ0) is 21.4. The average Bonchev–Trinajstić information content (AvgIpc) is 3.41. The fraction of sp³-hybridized carbons (Fsp3) is 0.348. The molecule has 2 bridgehead atoms. The molecule has 0 radical (unpaired) electrons. The summed E-state index contributed by atoms with van der Waals surface area (Å²) in [5.74, 6) is -3.39. The first kappa shape index (κ1) is 20.3. The van der Waals surface area contributed by atoms with Crippen LogP contribution in [0.5, 0.6) is 0 Å². The molecule has 0 aliphatic heterocycles. The smallest absolute Gasteiger partial charge is 0.341 e. The molecule has 7 heteroatoms. The monoisotopic (exact) mass is 425 g/mol. The van der Waals surface area contributed by atoms with Gasteiger partial charge in [0, 0.05) is 10.4 Å². The van der Waals surface area contributed by atoms with E-state index in [0.717, 1.165) is 16.0 Å². The summed E-state index contributed by atoms with van der Waals surface area (Å²) >= 11 is 1.31. The molecule has 4 rings (SSSR count). The number of carboxylic acid groups (broad SMARTS) is 1. The molecule has 30 heavy (non-hydrogen) atoms. The number of benzene rings is 1. The van der Waals surface area contributed by atoms with Gasteiger partial charge in [-0.3, -0.25) is 9.59 Å². The number of fused-ring (bicyclic) bond motifs is 2. The lowest BCUT2D eigenvalue weighted by molar-refractivity contribution is -0.146. The Morgan fingerprint density at radius 2 is 1.80 bits per heavy atom. The molecule has 1 fully saturated rings. The fourth-order valence-corrected chi connectivity index (χ4v) is 5.76. The molecule has 1 heterocycles. The molecular formula is C23H23NO5S. The molecule has 1 saturated carbocycles. The number of allylic oxidation sites excluding steroid dienone is 2. The molecule has 1 amide bonds. The van der Waals surface area contributed by atoms with Gasteiger partial charge in [0.1, 0.15) is 10.6 Å². The molecule has 2 N–H and O–H groups in total. The lowest BCUT2D eigenvalue weighted by atomic mass is 9.82. The zero-order valence-corrected chi connectivity index (χ0v) is 17.6. The number of aliphatic carboxylic acids is 1. The van der Waals surface area contributed by atoms with Crippen molar-refractivity contribution in [1.82, 2.24) is 0 Å². The summed E-state index contributed by atoms with van der Waals surface area (Å²) in [5.41, 5.74) is 1.92. The summed E-state index contributed by atoms with van der Waals surface area (Å²) in [7, 11) is 0. The van der Waals surface area contributed by atoms with Crippen molar-refractivity contribution in [3.63, 3.8) is 0 Å². The summed E-state index contributed by atoms with van der Waals surface area (Å²) in [5, 5.41) is 12.9. The Morgan fingerprint density at radius 3 is 2.43 bits per heavy atom. The molecule has 1 aromatic carbocycles. The molecule has 0 saturated heterocycles. The van der Waals surface area contributed by atoms with Gasteiger partial charge in [-0.25, -0.2) is 4.79 Å². The van der Waals surface area contributed by atoms with Crippen molar-refractivity contribution in [3.8, 4) is 11.1 Å². The van der Waals surface area contributed by atoms with Crippen LogP contribution in [0.4, 0.5) is 5.00 Å². The van der Waals surface area contributed by atoms with Crippen molar-refractivity contribution in [2.75, 3.05) is 11.9 Å². The quantitative estimate of drug-likeness (QED) is 0.530. The van der Waals surface area contributed by atoms with Gasteiger partial charge in [-0.2, -0.15) is 0 Å². The number of esters is 1. The van der Waals surface area contributed by atoms with Crippen LogP contribution >= 0.6 is 11.3 Å². The molecule has 6 nitrogen and oxygen atoms in total. The predicted octanol–water partition coefficient (Wildman–Crippen LogP) is 4.36. The SMILES string of the molecule is CCOC(=O)c1c(NC(=O)[C@@H]2[C@H](C(=O)O)[C@H]3C=C[C@H]2C3)sc(C)c1-c1ccccc1.